The molecule has 2 aromatic rings. The second-order valence-corrected chi connectivity index (χ2v) is 6.88. The number of ketones is 1. The Labute approximate surface area is 144 Å². The van der Waals surface area contributed by atoms with Gasteiger partial charge in [-0.1, -0.05) is 35.9 Å². The van der Waals surface area contributed by atoms with Crippen LogP contribution in [0, 0.1) is 0 Å². The standard InChI is InChI=1S/C18H16ClNO2S/c19-13-6-4-12(5-7-13)8-10-20-18(22)15-3-1-2-14-16(21)9-11-23-17(14)15/h1-7H,8-11H2,(H,20,22). The summed E-state index contributed by atoms with van der Waals surface area (Å²) in [5.74, 6) is 0.730. The first kappa shape index (κ1) is 16.1. The van der Waals surface area contributed by atoms with Crippen molar-refractivity contribution in [3.05, 3.63) is 64.2 Å². The average molecular weight is 346 g/mol. The Bertz CT molecular complexity index is 743. The Morgan fingerprint density at radius 1 is 1.17 bits per heavy atom. The van der Waals surface area contributed by atoms with Crippen molar-refractivity contribution in [3.8, 4) is 0 Å². The van der Waals surface area contributed by atoms with Gasteiger partial charge in [0.15, 0.2) is 5.78 Å². The normalized spacial score (nSPS) is 13.5. The molecule has 0 saturated heterocycles. The first-order valence-corrected chi connectivity index (χ1v) is 8.83. The van der Waals surface area contributed by atoms with Gasteiger partial charge in [0.2, 0.25) is 0 Å². The number of halogens is 1. The third-order valence-corrected chi connectivity index (χ3v) is 5.14. The topological polar surface area (TPSA) is 46.2 Å². The van der Waals surface area contributed by atoms with Crippen LogP contribution in [0.1, 0.15) is 32.7 Å². The molecule has 0 radical (unpaired) electrons. The number of benzene rings is 2. The number of Topliss-reactive ketones (excluding diaryl/α,β-unsaturated/α-hetero) is 1. The first-order valence-electron chi connectivity index (χ1n) is 7.47. The van der Waals surface area contributed by atoms with Crippen LogP contribution in [0.15, 0.2) is 47.4 Å². The molecular formula is C18H16ClNO2S. The Balaban J connectivity index is 1.66. The lowest BCUT2D eigenvalue weighted by Gasteiger charge is -2.17. The zero-order valence-electron chi connectivity index (χ0n) is 12.5. The lowest BCUT2D eigenvalue weighted by atomic mass is 10.0. The molecule has 23 heavy (non-hydrogen) atoms. The summed E-state index contributed by atoms with van der Waals surface area (Å²) in [4.78, 5) is 25.2. The molecule has 0 aliphatic carbocycles. The Kier molecular flexibility index (Phi) is 5.03. The predicted molar refractivity (Wildman–Crippen MR) is 93.6 cm³/mol. The van der Waals surface area contributed by atoms with E-state index in [0.717, 1.165) is 22.6 Å². The van der Waals surface area contributed by atoms with Crippen LogP contribution in [-0.2, 0) is 6.42 Å². The summed E-state index contributed by atoms with van der Waals surface area (Å²) in [5, 5.41) is 3.63. The second kappa shape index (κ2) is 7.20. The Morgan fingerprint density at radius 3 is 2.74 bits per heavy atom. The van der Waals surface area contributed by atoms with Gasteiger partial charge in [-0.15, -0.1) is 11.8 Å². The van der Waals surface area contributed by atoms with Gasteiger partial charge in [0.1, 0.15) is 0 Å². The molecule has 3 rings (SSSR count). The molecule has 1 N–H and O–H groups in total. The molecule has 1 amide bonds. The quantitative estimate of drug-likeness (QED) is 0.911. The van der Waals surface area contributed by atoms with Crippen molar-refractivity contribution in [2.45, 2.75) is 17.7 Å². The van der Waals surface area contributed by atoms with Gasteiger partial charge in [-0.05, 0) is 30.2 Å². The fourth-order valence-electron chi connectivity index (χ4n) is 2.54. The van der Waals surface area contributed by atoms with Crippen molar-refractivity contribution in [3.63, 3.8) is 0 Å². The third-order valence-electron chi connectivity index (χ3n) is 3.75. The van der Waals surface area contributed by atoms with Crippen molar-refractivity contribution < 1.29 is 9.59 Å². The van der Waals surface area contributed by atoms with Crippen molar-refractivity contribution in [2.75, 3.05) is 12.3 Å². The molecule has 0 fully saturated rings. The van der Waals surface area contributed by atoms with Gasteiger partial charge in [-0.25, -0.2) is 0 Å². The van der Waals surface area contributed by atoms with Gasteiger partial charge in [-0.3, -0.25) is 9.59 Å². The largest absolute Gasteiger partial charge is 0.352 e. The summed E-state index contributed by atoms with van der Waals surface area (Å²) in [6.07, 6.45) is 1.28. The molecule has 0 unspecified atom stereocenters. The van der Waals surface area contributed by atoms with Crippen molar-refractivity contribution >= 4 is 35.1 Å². The van der Waals surface area contributed by atoms with Crippen LogP contribution in [0.5, 0.6) is 0 Å². The zero-order valence-corrected chi connectivity index (χ0v) is 14.0. The number of hydrogen-bond donors (Lipinski definition) is 1. The van der Waals surface area contributed by atoms with Crippen LogP contribution in [0.2, 0.25) is 5.02 Å². The molecule has 0 saturated carbocycles. The number of fused-ring (bicyclic) bond motifs is 1. The first-order chi connectivity index (χ1) is 11.1. The molecular weight excluding hydrogens is 330 g/mol. The van der Waals surface area contributed by atoms with Gasteiger partial charge >= 0.3 is 0 Å². The SMILES string of the molecule is O=C1CCSc2c1cccc2C(=O)NCCc1ccc(Cl)cc1. The highest BCUT2D eigenvalue weighted by molar-refractivity contribution is 7.99. The second-order valence-electron chi connectivity index (χ2n) is 5.34. The van der Waals surface area contributed by atoms with Gasteiger partial charge in [-0.2, -0.15) is 0 Å². The lowest BCUT2D eigenvalue weighted by molar-refractivity contribution is 0.0951. The molecule has 0 atom stereocenters. The number of carbonyl (C=O) groups excluding carboxylic acids is 2. The third kappa shape index (κ3) is 3.77. The molecule has 0 aromatic heterocycles. The minimum Gasteiger partial charge on any atom is -0.352 e. The van der Waals surface area contributed by atoms with Gasteiger partial charge < -0.3 is 5.32 Å². The number of hydrogen-bond acceptors (Lipinski definition) is 3. The van der Waals surface area contributed by atoms with E-state index in [9.17, 15) is 9.59 Å². The highest BCUT2D eigenvalue weighted by Crippen LogP contribution is 2.32. The zero-order chi connectivity index (χ0) is 16.2. The van der Waals surface area contributed by atoms with Gasteiger partial charge in [0, 0.05) is 34.2 Å². The minimum absolute atomic E-state index is 0.120. The van der Waals surface area contributed by atoms with E-state index in [1.165, 1.54) is 0 Å². The van der Waals surface area contributed by atoms with Crippen molar-refractivity contribution in [1.82, 2.24) is 5.32 Å². The molecule has 2 aromatic carbocycles. The van der Waals surface area contributed by atoms with Crippen molar-refractivity contribution in [2.24, 2.45) is 0 Å². The van der Waals surface area contributed by atoms with E-state index < -0.39 is 0 Å². The van der Waals surface area contributed by atoms with Crippen LogP contribution < -0.4 is 5.32 Å². The van der Waals surface area contributed by atoms with Crippen molar-refractivity contribution in [1.29, 1.82) is 0 Å². The van der Waals surface area contributed by atoms with Crippen LogP contribution in [0.3, 0.4) is 0 Å². The molecule has 5 heteroatoms. The summed E-state index contributed by atoms with van der Waals surface area (Å²) < 4.78 is 0. The van der Waals surface area contributed by atoms with E-state index in [1.807, 2.05) is 24.3 Å². The van der Waals surface area contributed by atoms with Crippen LogP contribution in [0.4, 0.5) is 0 Å². The van der Waals surface area contributed by atoms with Gasteiger partial charge in [0.05, 0.1) is 5.56 Å². The van der Waals surface area contributed by atoms with E-state index >= 15 is 0 Å². The fraction of sp³-hybridized carbons (Fsp3) is 0.222. The molecule has 1 aliphatic heterocycles. The van der Waals surface area contributed by atoms with E-state index in [1.54, 1.807) is 30.0 Å². The number of rotatable bonds is 4. The number of carbonyl (C=O) groups is 2. The molecule has 0 spiro atoms. The highest BCUT2D eigenvalue weighted by Gasteiger charge is 2.22. The maximum absolute atomic E-state index is 12.4. The summed E-state index contributed by atoms with van der Waals surface area (Å²) in [5.41, 5.74) is 2.39. The molecule has 118 valence electrons. The monoisotopic (exact) mass is 345 g/mol. The predicted octanol–water partition coefficient (Wildman–Crippen LogP) is 3.99. The van der Waals surface area contributed by atoms with Crippen LogP contribution in [-0.4, -0.2) is 24.0 Å². The molecule has 0 bridgehead atoms. The smallest absolute Gasteiger partial charge is 0.252 e. The molecule has 1 heterocycles. The van der Waals surface area contributed by atoms with E-state index in [-0.39, 0.29) is 11.7 Å². The summed E-state index contributed by atoms with van der Waals surface area (Å²) in [6, 6.07) is 12.9. The Hall–Kier alpha value is -1.78. The van der Waals surface area contributed by atoms with E-state index in [2.05, 4.69) is 5.32 Å². The summed E-state index contributed by atoms with van der Waals surface area (Å²) in [7, 11) is 0. The Morgan fingerprint density at radius 2 is 1.96 bits per heavy atom. The number of thioether (sulfide) groups is 1. The fourth-order valence-corrected chi connectivity index (χ4v) is 3.81. The molecule has 1 aliphatic rings. The average Bonchev–Trinajstić information content (AvgIpc) is 2.56. The van der Waals surface area contributed by atoms with Gasteiger partial charge in [0.25, 0.3) is 5.91 Å². The molecule has 3 nitrogen and oxygen atoms in total. The maximum atomic E-state index is 12.4. The maximum Gasteiger partial charge on any atom is 0.252 e. The summed E-state index contributed by atoms with van der Waals surface area (Å²) >= 11 is 7.44. The van der Waals surface area contributed by atoms with E-state index in [4.69, 9.17) is 11.6 Å². The minimum atomic E-state index is -0.127. The number of nitrogens with one attached hydrogen (secondary N) is 1. The van der Waals surface area contributed by atoms with Crippen LogP contribution in [0.25, 0.3) is 0 Å². The summed E-state index contributed by atoms with van der Waals surface area (Å²) in [6.45, 7) is 0.544. The van der Waals surface area contributed by atoms with E-state index in [0.29, 0.717) is 29.1 Å². The van der Waals surface area contributed by atoms with Crippen LogP contribution >= 0.6 is 23.4 Å². The highest BCUT2D eigenvalue weighted by atomic mass is 35.5. The number of amides is 1. The lowest BCUT2D eigenvalue weighted by Crippen LogP contribution is -2.27.